The third kappa shape index (κ3) is 2.32. The molecule has 0 bridgehead atoms. The van der Waals surface area contributed by atoms with Gasteiger partial charge in [-0.15, -0.1) is 0 Å². The molecule has 3 aromatic heterocycles. The van der Waals surface area contributed by atoms with Gasteiger partial charge in [0.1, 0.15) is 5.82 Å². The van der Waals surface area contributed by atoms with Gasteiger partial charge in [-0.3, -0.25) is 4.90 Å². The monoisotopic (exact) mass is 319 g/mol. The number of rotatable bonds is 3. The predicted octanol–water partition coefficient (Wildman–Crippen LogP) is 3.79. The number of aromatic nitrogens is 4. The summed E-state index contributed by atoms with van der Waals surface area (Å²) in [5.41, 5.74) is 2.79. The van der Waals surface area contributed by atoms with Gasteiger partial charge in [-0.2, -0.15) is 10.1 Å². The highest BCUT2D eigenvalue weighted by atomic mass is 16.3. The van der Waals surface area contributed by atoms with E-state index in [-0.39, 0.29) is 0 Å². The van der Waals surface area contributed by atoms with E-state index < -0.39 is 0 Å². The average Bonchev–Trinajstić information content (AvgIpc) is 3.23. The van der Waals surface area contributed by atoms with Gasteiger partial charge in [0.15, 0.2) is 0 Å². The number of hydrogen-bond donors (Lipinski definition) is 0. The Hall–Kier alpha value is -3.15. The van der Waals surface area contributed by atoms with Crippen LogP contribution in [0.15, 0.2) is 53.1 Å². The fourth-order valence-corrected chi connectivity index (χ4v) is 2.79. The lowest BCUT2D eigenvalue weighted by molar-refractivity contribution is 0.569. The predicted molar refractivity (Wildman–Crippen MR) is 92.9 cm³/mol. The molecule has 120 valence electrons. The van der Waals surface area contributed by atoms with Crippen molar-refractivity contribution in [3.05, 3.63) is 60.1 Å². The highest BCUT2D eigenvalue weighted by Gasteiger charge is 2.16. The molecule has 0 radical (unpaired) electrons. The van der Waals surface area contributed by atoms with Crippen molar-refractivity contribution >= 4 is 22.6 Å². The van der Waals surface area contributed by atoms with E-state index in [1.54, 1.807) is 10.9 Å². The van der Waals surface area contributed by atoms with Gasteiger partial charge in [0.05, 0.1) is 17.5 Å². The van der Waals surface area contributed by atoms with Crippen molar-refractivity contribution in [3.63, 3.8) is 0 Å². The van der Waals surface area contributed by atoms with Crippen molar-refractivity contribution in [1.82, 2.24) is 19.7 Å². The van der Waals surface area contributed by atoms with Crippen molar-refractivity contribution in [3.8, 4) is 5.95 Å². The Morgan fingerprint density at radius 3 is 2.58 bits per heavy atom. The van der Waals surface area contributed by atoms with Crippen LogP contribution in [0.25, 0.3) is 16.9 Å². The third-order valence-electron chi connectivity index (χ3n) is 3.92. The Morgan fingerprint density at radius 1 is 1.04 bits per heavy atom. The van der Waals surface area contributed by atoms with Gasteiger partial charge >= 0.3 is 0 Å². The maximum Gasteiger partial charge on any atom is 0.253 e. The van der Waals surface area contributed by atoms with E-state index in [2.05, 4.69) is 10.1 Å². The van der Waals surface area contributed by atoms with Crippen molar-refractivity contribution in [2.75, 3.05) is 11.9 Å². The normalized spacial score (nSPS) is 11.1. The van der Waals surface area contributed by atoms with Crippen molar-refractivity contribution in [2.45, 2.75) is 13.8 Å². The zero-order chi connectivity index (χ0) is 16.7. The molecule has 6 nitrogen and oxygen atoms in total. The van der Waals surface area contributed by atoms with Crippen LogP contribution in [-0.4, -0.2) is 26.8 Å². The summed E-state index contributed by atoms with van der Waals surface area (Å²) in [5.74, 6) is 2.05. The maximum absolute atomic E-state index is 5.52. The van der Waals surface area contributed by atoms with E-state index in [0.717, 1.165) is 34.0 Å². The van der Waals surface area contributed by atoms with Gasteiger partial charge in [-0.1, -0.05) is 12.1 Å². The fraction of sp³-hybridized carbons (Fsp3) is 0.167. The molecule has 3 heterocycles. The second kappa shape index (κ2) is 5.49. The van der Waals surface area contributed by atoms with Gasteiger partial charge in [-0.05, 0) is 38.1 Å². The van der Waals surface area contributed by atoms with Gasteiger partial charge in [-0.25, -0.2) is 9.67 Å². The molecule has 4 aromatic rings. The Morgan fingerprint density at radius 2 is 1.88 bits per heavy atom. The van der Waals surface area contributed by atoms with Gasteiger partial charge in [0.25, 0.3) is 5.95 Å². The van der Waals surface area contributed by atoms with Crippen LogP contribution < -0.4 is 4.90 Å². The minimum atomic E-state index is 0.549. The van der Waals surface area contributed by atoms with Crippen LogP contribution in [-0.2, 0) is 0 Å². The van der Waals surface area contributed by atoms with E-state index in [1.165, 1.54) is 0 Å². The number of benzene rings is 1. The number of para-hydroxylation sites is 1. The van der Waals surface area contributed by atoms with Gasteiger partial charge in [0, 0.05) is 24.2 Å². The Balaban J connectivity index is 1.96. The Bertz CT molecular complexity index is 1000. The first-order valence-electron chi connectivity index (χ1n) is 7.71. The lowest BCUT2D eigenvalue weighted by Gasteiger charge is -2.18. The molecule has 0 spiro atoms. The molecule has 1 aromatic carbocycles. The van der Waals surface area contributed by atoms with Crippen LogP contribution in [0.2, 0.25) is 0 Å². The zero-order valence-corrected chi connectivity index (χ0v) is 13.8. The van der Waals surface area contributed by atoms with Crippen LogP contribution in [0.4, 0.5) is 11.7 Å². The molecule has 4 rings (SSSR count). The van der Waals surface area contributed by atoms with Gasteiger partial charge < -0.3 is 4.42 Å². The first-order valence-corrected chi connectivity index (χ1v) is 7.71. The van der Waals surface area contributed by atoms with Gasteiger partial charge in [0.2, 0.25) is 5.88 Å². The minimum absolute atomic E-state index is 0.549. The molecule has 0 amide bonds. The molecule has 0 aliphatic rings. The second-order valence-corrected chi connectivity index (χ2v) is 5.71. The summed E-state index contributed by atoms with van der Waals surface area (Å²) in [6.45, 7) is 3.95. The summed E-state index contributed by atoms with van der Waals surface area (Å²) in [4.78, 5) is 11.3. The summed E-state index contributed by atoms with van der Waals surface area (Å²) < 4.78 is 7.28. The molecule has 0 fully saturated rings. The lowest BCUT2D eigenvalue weighted by Crippen LogP contribution is -2.14. The topological polar surface area (TPSA) is 60.0 Å². The van der Waals surface area contributed by atoms with Crippen LogP contribution in [0, 0.1) is 13.8 Å². The first kappa shape index (κ1) is 14.4. The number of nitrogens with zero attached hydrogens (tertiary/aromatic N) is 5. The van der Waals surface area contributed by atoms with Crippen molar-refractivity contribution in [1.29, 1.82) is 0 Å². The fourth-order valence-electron chi connectivity index (χ4n) is 2.79. The molecule has 24 heavy (non-hydrogen) atoms. The minimum Gasteiger partial charge on any atom is -0.448 e. The summed E-state index contributed by atoms with van der Waals surface area (Å²) >= 11 is 0. The van der Waals surface area contributed by atoms with E-state index >= 15 is 0 Å². The molecule has 0 saturated carbocycles. The Labute approximate surface area is 139 Å². The zero-order valence-electron chi connectivity index (χ0n) is 13.8. The molecule has 0 N–H and O–H groups in total. The first-order chi connectivity index (χ1) is 11.6. The molecule has 0 atom stereocenters. The quantitative estimate of drug-likeness (QED) is 0.575. The average molecular weight is 319 g/mol. The van der Waals surface area contributed by atoms with E-state index in [4.69, 9.17) is 9.40 Å². The third-order valence-corrected chi connectivity index (χ3v) is 3.92. The summed E-state index contributed by atoms with van der Waals surface area (Å²) in [6.07, 6.45) is 1.65. The SMILES string of the molecule is Cc1cc(C)n(-c2nc(N(C)c3ccco3)c3ccccc3n2)n1. The standard InChI is InChI=1S/C18H17N5O/c1-12-11-13(2)23(21-12)18-19-15-8-5-4-7-14(15)17(20-18)22(3)16-9-6-10-24-16/h4-11H,1-3H3. The van der Waals surface area contributed by atoms with Crippen LogP contribution >= 0.6 is 0 Å². The molecular weight excluding hydrogens is 302 g/mol. The van der Waals surface area contributed by atoms with Crippen molar-refractivity contribution < 1.29 is 4.42 Å². The van der Waals surface area contributed by atoms with Crippen molar-refractivity contribution in [2.24, 2.45) is 0 Å². The highest BCUT2D eigenvalue weighted by molar-refractivity contribution is 5.91. The van der Waals surface area contributed by atoms with Crippen LogP contribution in [0.3, 0.4) is 0 Å². The summed E-state index contributed by atoms with van der Waals surface area (Å²) in [7, 11) is 1.93. The van der Waals surface area contributed by atoms with E-state index in [9.17, 15) is 0 Å². The largest absolute Gasteiger partial charge is 0.448 e. The maximum atomic E-state index is 5.52. The smallest absolute Gasteiger partial charge is 0.253 e. The number of fused-ring (bicyclic) bond motifs is 1. The molecule has 0 unspecified atom stereocenters. The lowest BCUT2D eigenvalue weighted by atomic mass is 10.2. The summed E-state index contributed by atoms with van der Waals surface area (Å²) in [5, 5.41) is 5.46. The van der Waals surface area contributed by atoms with Crippen LogP contribution in [0.1, 0.15) is 11.4 Å². The molecular formula is C18H17N5O. The molecule has 0 saturated heterocycles. The van der Waals surface area contributed by atoms with E-state index in [0.29, 0.717) is 5.95 Å². The second-order valence-electron chi connectivity index (χ2n) is 5.71. The Kier molecular flexibility index (Phi) is 3.30. The molecule has 0 aliphatic carbocycles. The highest BCUT2D eigenvalue weighted by Crippen LogP contribution is 2.29. The molecule has 6 heteroatoms. The number of anilines is 2. The molecule has 0 aliphatic heterocycles. The number of aryl methyl sites for hydroxylation is 2. The summed E-state index contributed by atoms with van der Waals surface area (Å²) in [6, 6.07) is 13.7. The van der Waals surface area contributed by atoms with E-state index in [1.807, 2.05) is 68.3 Å². The number of furan rings is 1. The van der Waals surface area contributed by atoms with Crippen LogP contribution in [0.5, 0.6) is 0 Å². The number of hydrogen-bond acceptors (Lipinski definition) is 5.